The van der Waals surface area contributed by atoms with Crippen LogP contribution in [-0.4, -0.2) is 60.0 Å². The predicted molar refractivity (Wildman–Crippen MR) is 117 cm³/mol. The van der Waals surface area contributed by atoms with E-state index in [0.29, 0.717) is 26.2 Å². The molecule has 2 aromatic rings. The third kappa shape index (κ3) is 5.18. The molecule has 3 heterocycles. The molecule has 0 radical (unpaired) electrons. The number of amides is 1. The van der Waals surface area contributed by atoms with Crippen LogP contribution in [0.5, 0.6) is 0 Å². The summed E-state index contributed by atoms with van der Waals surface area (Å²) >= 11 is 0. The summed E-state index contributed by atoms with van der Waals surface area (Å²) in [6, 6.07) is 5.17. The number of hydrogen-bond donors (Lipinski definition) is 0. The first-order chi connectivity index (χ1) is 15.0. The van der Waals surface area contributed by atoms with E-state index in [1.165, 1.54) is 31.4 Å². The number of rotatable bonds is 4. The van der Waals surface area contributed by atoms with Crippen molar-refractivity contribution >= 4 is 23.7 Å². The van der Waals surface area contributed by atoms with Gasteiger partial charge in [0.05, 0.1) is 0 Å². The number of carbonyl (C=O) groups is 1. The number of anilines is 2. The highest BCUT2D eigenvalue weighted by Gasteiger charge is 2.22. The van der Waals surface area contributed by atoms with E-state index < -0.39 is 11.6 Å². The summed E-state index contributed by atoms with van der Waals surface area (Å²) in [4.78, 5) is 28.0. The maximum absolute atomic E-state index is 13.7. The Labute approximate surface area is 181 Å². The highest BCUT2D eigenvalue weighted by atomic mass is 19.1. The summed E-state index contributed by atoms with van der Waals surface area (Å²) < 4.78 is 27.0. The van der Waals surface area contributed by atoms with Crippen LogP contribution in [0.3, 0.4) is 0 Å². The molecule has 1 aromatic heterocycles. The Kier molecular flexibility index (Phi) is 6.44. The van der Waals surface area contributed by atoms with Crippen molar-refractivity contribution in [2.24, 2.45) is 0 Å². The zero-order chi connectivity index (χ0) is 21.8. The Morgan fingerprint density at radius 1 is 0.935 bits per heavy atom. The smallest absolute Gasteiger partial charge is 0.246 e. The van der Waals surface area contributed by atoms with Gasteiger partial charge in [-0.15, -0.1) is 0 Å². The van der Waals surface area contributed by atoms with Gasteiger partial charge in [-0.1, -0.05) is 0 Å². The molecule has 0 atom stereocenters. The van der Waals surface area contributed by atoms with Crippen LogP contribution in [-0.2, 0) is 4.79 Å². The van der Waals surface area contributed by atoms with Crippen molar-refractivity contribution in [3.63, 3.8) is 0 Å². The van der Waals surface area contributed by atoms with Gasteiger partial charge in [0.15, 0.2) is 0 Å². The average Bonchev–Trinajstić information content (AvgIpc) is 2.80. The molecule has 2 fully saturated rings. The minimum absolute atomic E-state index is 0.0636. The Hall–Kier alpha value is -3.03. The zero-order valence-corrected chi connectivity index (χ0v) is 17.7. The Balaban J connectivity index is 1.38. The summed E-state index contributed by atoms with van der Waals surface area (Å²) in [6.45, 7) is 6.35. The van der Waals surface area contributed by atoms with Gasteiger partial charge in [-0.05, 0) is 50.5 Å². The topological polar surface area (TPSA) is 52.6 Å². The second-order valence-corrected chi connectivity index (χ2v) is 8.03. The van der Waals surface area contributed by atoms with Crippen molar-refractivity contribution in [3.05, 3.63) is 53.2 Å². The number of piperidine rings is 1. The van der Waals surface area contributed by atoms with E-state index in [-0.39, 0.29) is 11.5 Å². The number of carbonyl (C=O) groups excluding carboxylic acids is 1. The van der Waals surface area contributed by atoms with Crippen LogP contribution in [0.1, 0.15) is 30.5 Å². The van der Waals surface area contributed by atoms with Crippen LogP contribution < -0.4 is 9.80 Å². The third-order valence-electron chi connectivity index (χ3n) is 5.75. The molecular weight excluding hydrogens is 400 g/mol. The van der Waals surface area contributed by atoms with Gasteiger partial charge in [-0.25, -0.2) is 13.8 Å². The average molecular weight is 427 g/mol. The minimum atomic E-state index is -0.557. The lowest BCUT2D eigenvalue weighted by Crippen LogP contribution is -2.48. The summed E-state index contributed by atoms with van der Waals surface area (Å²) in [5.41, 5.74) is 0.998. The minimum Gasteiger partial charge on any atom is -0.353 e. The maximum atomic E-state index is 13.7. The highest BCUT2D eigenvalue weighted by Crippen LogP contribution is 2.22. The molecule has 0 spiro atoms. The molecule has 2 aliphatic rings. The Morgan fingerprint density at radius 3 is 2.42 bits per heavy atom. The molecule has 2 saturated heterocycles. The van der Waals surface area contributed by atoms with Crippen molar-refractivity contribution < 1.29 is 13.6 Å². The molecule has 8 heteroatoms. The molecule has 2 aliphatic heterocycles. The van der Waals surface area contributed by atoms with Crippen LogP contribution in [0.15, 0.2) is 30.3 Å². The van der Waals surface area contributed by atoms with Crippen LogP contribution in [0.2, 0.25) is 0 Å². The fourth-order valence-corrected chi connectivity index (χ4v) is 4.00. The first kappa shape index (κ1) is 21.2. The van der Waals surface area contributed by atoms with Crippen molar-refractivity contribution in [2.45, 2.75) is 26.2 Å². The number of halogens is 2. The lowest BCUT2D eigenvalue weighted by molar-refractivity contribution is -0.126. The second-order valence-electron chi connectivity index (χ2n) is 8.03. The number of aromatic nitrogens is 2. The van der Waals surface area contributed by atoms with Crippen molar-refractivity contribution in [3.8, 4) is 0 Å². The first-order valence-corrected chi connectivity index (χ1v) is 10.8. The van der Waals surface area contributed by atoms with Gasteiger partial charge in [0.2, 0.25) is 11.9 Å². The number of hydrogen-bond acceptors (Lipinski definition) is 5. The Bertz CT molecular complexity index is 966. The van der Waals surface area contributed by atoms with Gasteiger partial charge < -0.3 is 14.7 Å². The van der Waals surface area contributed by atoms with E-state index in [4.69, 9.17) is 4.98 Å². The predicted octanol–water partition coefficient (Wildman–Crippen LogP) is 3.42. The largest absolute Gasteiger partial charge is 0.353 e. The lowest BCUT2D eigenvalue weighted by Gasteiger charge is -2.35. The lowest BCUT2D eigenvalue weighted by atomic mass is 10.1. The van der Waals surface area contributed by atoms with Gasteiger partial charge in [0.25, 0.3) is 0 Å². The van der Waals surface area contributed by atoms with E-state index in [1.807, 2.05) is 13.0 Å². The Morgan fingerprint density at radius 2 is 1.68 bits per heavy atom. The van der Waals surface area contributed by atoms with Crippen molar-refractivity contribution in [2.75, 3.05) is 49.1 Å². The molecular formula is C23H27F2N5O. The number of piperazine rings is 1. The summed E-state index contributed by atoms with van der Waals surface area (Å²) in [7, 11) is 0. The molecule has 0 unspecified atom stereocenters. The summed E-state index contributed by atoms with van der Waals surface area (Å²) in [5.74, 6) is 0.368. The molecule has 0 saturated carbocycles. The standard InChI is InChI=1S/C23H27F2N5O/c1-17-15-21(27-23(26-17)30-9-3-2-4-10-30)28-11-13-29(14-12-28)22(31)8-5-18-16-19(24)6-7-20(18)25/h5-8,15-16H,2-4,9-14H2,1H3/b8-5+. The van der Waals surface area contributed by atoms with Gasteiger partial charge in [0.1, 0.15) is 17.5 Å². The van der Waals surface area contributed by atoms with Crippen molar-refractivity contribution in [1.82, 2.24) is 14.9 Å². The van der Waals surface area contributed by atoms with Gasteiger partial charge >= 0.3 is 0 Å². The third-order valence-corrected chi connectivity index (χ3v) is 5.75. The SMILES string of the molecule is Cc1cc(N2CCN(C(=O)/C=C/c3cc(F)ccc3F)CC2)nc(N2CCCCC2)n1. The molecule has 0 N–H and O–H groups in total. The molecule has 1 amide bonds. The number of nitrogens with zero attached hydrogens (tertiary/aromatic N) is 5. The normalized spacial score (nSPS) is 17.5. The summed E-state index contributed by atoms with van der Waals surface area (Å²) in [5, 5.41) is 0. The van der Waals surface area contributed by atoms with E-state index in [0.717, 1.165) is 48.7 Å². The molecule has 164 valence electrons. The molecule has 4 rings (SSSR count). The highest BCUT2D eigenvalue weighted by molar-refractivity contribution is 5.92. The second kappa shape index (κ2) is 9.41. The number of benzene rings is 1. The van der Waals surface area contributed by atoms with E-state index in [9.17, 15) is 13.6 Å². The van der Waals surface area contributed by atoms with E-state index in [2.05, 4.69) is 14.8 Å². The van der Waals surface area contributed by atoms with Gasteiger partial charge in [-0.3, -0.25) is 4.79 Å². The van der Waals surface area contributed by atoms with Crippen LogP contribution >= 0.6 is 0 Å². The van der Waals surface area contributed by atoms with Gasteiger partial charge in [0, 0.05) is 62.7 Å². The quantitative estimate of drug-likeness (QED) is 0.700. The molecule has 6 nitrogen and oxygen atoms in total. The molecule has 0 bridgehead atoms. The fraction of sp³-hybridized carbons (Fsp3) is 0.435. The molecule has 0 aliphatic carbocycles. The molecule has 31 heavy (non-hydrogen) atoms. The van der Waals surface area contributed by atoms with E-state index >= 15 is 0 Å². The summed E-state index contributed by atoms with van der Waals surface area (Å²) in [6.07, 6.45) is 6.22. The van der Waals surface area contributed by atoms with Crippen LogP contribution in [0.4, 0.5) is 20.5 Å². The first-order valence-electron chi connectivity index (χ1n) is 10.8. The fourth-order valence-electron chi connectivity index (χ4n) is 4.00. The van der Waals surface area contributed by atoms with Gasteiger partial charge in [-0.2, -0.15) is 4.98 Å². The molecule has 1 aromatic carbocycles. The monoisotopic (exact) mass is 427 g/mol. The van der Waals surface area contributed by atoms with Crippen LogP contribution in [0, 0.1) is 18.6 Å². The van der Waals surface area contributed by atoms with E-state index in [1.54, 1.807) is 4.90 Å². The van der Waals surface area contributed by atoms with Crippen molar-refractivity contribution in [1.29, 1.82) is 0 Å². The number of aryl methyl sites for hydroxylation is 1. The maximum Gasteiger partial charge on any atom is 0.246 e. The van der Waals surface area contributed by atoms with Crippen LogP contribution in [0.25, 0.3) is 6.08 Å². The zero-order valence-electron chi connectivity index (χ0n) is 17.7.